The van der Waals surface area contributed by atoms with Crippen molar-refractivity contribution >= 4 is 10.9 Å². The molecule has 2 aromatic heterocycles. The normalized spacial score (nSPS) is 10.9. The quantitative estimate of drug-likeness (QED) is 0.621. The lowest BCUT2D eigenvalue weighted by molar-refractivity contribution is 0.506. The van der Waals surface area contributed by atoms with Crippen molar-refractivity contribution in [1.82, 2.24) is 20.0 Å². The Morgan fingerprint density at radius 1 is 1.04 bits per heavy atom. The number of aromatic nitrogens is 4. The summed E-state index contributed by atoms with van der Waals surface area (Å²) in [5, 5.41) is 20.4. The molecule has 25 heavy (non-hydrogen) atoms. The molecule has 0 radical (unpaired) electrons. The van der Waals surface area contributed by atoms with E-state index >= 15 is 0 Å². The van der Waals surface area contributed by atoms with Gasteiger partial charge in [0.05, 0.1) is 0 Å². The highest BCUT2D eigenvalue weighted by Crippen LogP contribution is 2.26. The summed E-state index contributed by atoms with van der Waals surface area (Å²) in [5.41, 5.74) is 3.00. The van der Waals surface area contributed by atoms with Gasteiger partial charge in [0.1, 0.15) is 11.8 Å². The first kappa shape index (κ1) is 15.0. The summed E-state index contributed by atoms with van der Waals surface area (Å²) in [6, 6.07) is 13.5. The SMILES string of the molecule is N#Cc1n[nH]nc1-c1ccc2ccn(Cc3ccc(F)c(F)c3)c2c1. The first-order valence-corrected chi connectivity index (χ1v) is 7.50. The molecule has 2 heterocycles. The Kier molecular flexibility index (Phi) is 3.51. The highest BCUT2D eigenvalue weighted by atomic mass is 19.2. The first-order valence-electron chi connectivity index (χ1n) is 7.50. The van der Waals surface area contributed by atoms with Crippen LogP contribution in [0.5, 0.6) is 0 Å². The number of nitriles is 1. The average Bonchev–Trinajstić information content (AvgIpc) is 3.24. The summed E-state index contributed by atoms with van der Waals surface area (Å²) in [5.74, 6) is -1.73. The summed E-state index contributed by atoms with van der Waals surface area (Å²) in [7, 11) is 0. The fourth-order valence-corrected chi connectivity index (χ4v) is 2.81. The molecule has 5 nitrogen and oxygen atoms in total. The summed E-state index contributed by atoms with van der Waals surface area (Å²) in [6.45, 7) is 0.397. The minimum atomic E-state index is -0.865. The van der Waals surface area contributed by atoms with Crippen molar-refractivity contribution in [1.29, 1.82) is 5.26 Å². The summed E-state index contributed by atoms with van der Waals surface area (Å²) in [4.78, 5) is 0. The first-order chi connectivity index (χ1) is 12.2. The van der Waals surface area contributed by atoms with Crippen molar-refractivity contribution in [2.45, 2.75) is 6.54 Å². The lowest BCUT2D eigenvalue weighted by Crippen LogP contribution is -1.99. The predicted octanol–water partition coefficient (Wildman–Crippen LogP) is 3.62. The Bertz CT molecular complexity index is 1120. The Morgan fingerprint density at radius 3 is 2.72 bits per heavy atom. The van der Waals surface area contributed by atoms with Crippen LogP contribution in [0.4, 0.5) is 8.78 Å². The van der Waals surface area contributed by atoms with Crippen LogP contribution in [0.3, 0.4) is 0 Å². The van der Waals surface area contributed by atoms with Gasteiger partial charge in [-0.05, 0) is 35.2 Å². The fourth-order valence-electron chi connectivity index (χ4n) is 2.81. The molecule has 0 aliphatic carbocycles. The topological polar surface area (TPSA) is 70.3 Å². The minimum Gasteiger partial charge on any atom is -0.343 e. The van der Waals surface area contributed by atoms with Crippen molar-refractivity contribution < 1.29 is 8.78 Å². The molecule has 0 unspecified atom stereocenters. The molecule has 0 aliphatic heterocycles. The van der Waals surface area contributed by atoms with E-state index in [2.05, 4.69) is 15.4 Å². The minimum absolute atomic E-state index is 0.220. The number of halogens is 2. The maximum absolute atomic E-state index is 13.4. The van der Waals surface area contributed by atoms with Gasteiger partial charge in [-0.1, -0.05) is 18.2 Å². The number of hydrogen-bond donors (Lipinski definition) is 1. The molecule has 122 valence electrons. The molecule has 0 atom stereocenters. The van der Waals surface area contributed by atoms with E-state index in [1.165, 1.54) is 6.07 Å². The van der Waals surface area contributed by atoms with Crippen LogP contribution >= 0.6 is 0 Å². The molecule has 0 saturated heterocycles. The summed E-state index contributed by atoms with van der Waals surface area (Å²) in [6.07, 6.45) is 1.88. The number of H-pyrrole nitrogens is 1. The average molecular weight is 335 g/mol. The molecule has 1 N–H and O–H groups in total. The van der Waals surface area contributed by atoms with E-state index in [-0.39, 0.29) is 5.69 Å². The summed E-state index contributed by atoms with van der Waals surface area (Å²) < 4.78 is 28.4. The third-order valence-electron chi connectivity index (χ3n) is 4.04. The van der Waals surface area contributed by atoms with E-state index in [0.29, 0.717) is 17.8 Å². The number of hydrogen-bond acceptors (Lipinski definition) is 3. The number of aromatic amines is 1. The largest absolute Gasteiger partial charge is 0.343 e. The van der Waals surface area contributed by atoms with Crippen molar-refractivity contribution in [3.8, 4) is 17.3 Å². The Hall–Kier alpha value is -3.53. The van der Waals surface area contributed by atoms with Gasteiger partial charge in [-0.3, -0.25) is 0 Å². The zero-order valence-electron chi connectivity index (χ0n) is 12.9. The van der Waals surface area contributed by atoms with Crippen LogP contribution in [0.1, 0.15) is 11.3 Å². The van der Waals surface area contributed by atoms with Gasteiger partial charge in [0, 0.05) is 23.8 Å². The molecule has 2 aromatic carbocycles. The molecule has 7 heteroatoms. The van der Waals surface area contributed by atoms with E-state index in [0.717, 1.165) is 22.5 Å². The van der Waals surface area contributed by atoms with Gasteiger partial charge >= 0.3 is 0 Å². The highest BCUT2D eigenvalue weighted by Gasteiger charge is 2.12. The Labute approximate surface area is 141 Å². The van der Waals surface area contributed by atoms with Gasteiger partial charge in [-0.25, -0.2) is 8.78 Å². The highest BCUT2D eigenvalue weighted by molar-refractivity contribution is 5.85. The predicted molar refractivity (Wildman–Crippen MR) is 87.5 cm³/mol. The maximum Gasteiger partial charge on any atom is 0.190 e. The number of benzene rings is 2. The second kappa shape index (κ2) is 5.83. The number of fused-ring (bicyclic) bond motifs is 1. The van der Waals surface area contributed by atoms with Crippen molar-refractivity contribution in [2.75, 3.05) is 0 Å². The van der Waals surface area contributed by atoms with E-state index in [9.17, 15) is 8.78 Å². The van der Waals surface area contributed by atoms with Crippen molar-refractivity contribution in [3.05, 3.63) is 71.6 Å². The molecular formula is C18H11F2N5. The summed E-state index contributed by atoms with van der Waals surface area (Å²) >= 11 is 0. The van der Waals surface area contributed by atoms with E-state index in [1.807, 2.05) is 41.1 Å². The van der Waals surface area contributed by atoms with Crippen LogP contribution in [0.2, 0.25) is 0 Å². The number of rotatable bonds is 3. The van der Waals surface area contributed by atoms with Crippen LogP contribution in [-0.4, -0.2) is 20.0 Å². The number of nitrogens with zero attached hydrogens (tertiary/aromatic N) is 4. The van der Waals surface area contributed by atoms with Gasteiger partial charge in [0.2, 0.25) is 0 Å². The van der Waals surface area contributed by atoms with Gasteiger partial charge in [-0.2, -0.15) is 15.6 Å². The van der Waals surface area contributed by atoms with Crippen molar-refractivity contribution in [2.24, 2.45) is 0 Å². The molecule has 0 aliphatic rings. The third-order valence-corrected chi connectivity index (χ3v) is 4.04. The molecule has 4 aromatic rings. The lowest BCUT2D eigenvalue weighted by Gasteiger charge is -2.07. The molecular weight excluding hydrogens is 324 g/mol. The Balaban J connectivity index is 1.76. The lowest BCUT2D eigenvalue weighted by atomic mass is 10.1. The van der Waals surface area contributed by atoms with Crippen LogP contribution in [0.25, 0.3) is 22.2 Å². The standard InChI is InChI=1S/C18H11F2N5/c19-14-4-1-11(7-15(14)20)10-25-6-5-12-2-3-13(8-17(12)25)18-16(9-21)22-24-23-18/h1-8H,10H2,(H,22,23,24). The second-order valence-electron chi connectivity index (χ2n) is 5.60. The van der Waals surface area contributed by atoms with Gasteiger partial charge in [0.25, 0.3) is 0 Å². The smallest absolute Gasteiger partial charge is 0.190 e. The number of nitrogens with one attached hydrogen (secondary N) is 1. The molecule has 0 bridgehead atoms. The van der Waals surface area contributed by atoms with Gasteiger partial charge < -0.3 is 4.57 Å². The second-order valence-corrected chi connectivity index (χ2v) is 5.60. The Morgan fingerprint density at radius 2 is 1.92 bits per heavy atom. The van der Waals surface area contributed by atoms with Gasteiger partial charge in [0.15, 0.2) is 17.3 Å². The fraction of sp³-hybridized carbons (Fsp3) is 0.0556. The van der Waals surface area contributed by atoms with Crippen molar-refractivity contribution in [3.63, 3.8) is 0 Å². The monoisotopic (exact) mass is 335 g/mol. The molecule has 0 spiro atoms. The van der Waals surface area contributed by atoms with Crippen LogP contribution in [0.15, 0.2) is 48.7 Å². The molecule has 4 rings (SSSR count). The van der Waals surface area contributed by atoms with Crippen LogP contribution in [-0.2, 0) is 6.54 Å². The third kappa shape index (κ3) is 2.64. The molecule has 0 amide bonds. The molecule has 0 saturated carbocycles. The molecule has 0 fully saturated rings. The maximum atomic E-state index is 13.4. The van der Waals surface area contributed by atoms with E-state index < -0.39 is 11.6 Å². The van der Waals surface area contributed by atoms with Crippen LogP contribution in [0, 0.1) is 23.0 Å². The zero-order valence-corrected chi connectivity index (χ0v) is 12.9. The van der Waals surface area contributed by atoms with E-state index in [4.69, 9.17) is 5.26 Å². The van der Waals surface area contributed by atoms with Crippen LogP contribution < -0.4 is 0 Å². The zero-order chi connectivity index (χ0) is 17.4. The van der Waals surface area contributed by atoms with Gasteiger partial charge in [-0.15, -0.1) is 5.10 Å². The van der Waals surface area contributed by atoms with E-state index in [1.54, 1.807) is 6.07 Å².